The van der Waals surface area contributed by atoms with Crippen LogP contribution in [0.15, 0.2) is 12.5 Å². The third kappa shape index (κ3) is 3.81. The molecule has 1 aliphatic carbocycles. The Balaban J connectivity index is 1.83. The molecule has 1 aliphatic rings. The molecule has 6 nitrogen and oxygen atoms in total. The zero-order valence-electron chi connectivity index (χ0n) is 10.9. The van der Waals surface area contributed by atoms with Crippen molar-refractivity contribution in [1.82, 2.24) is 15.3 Å². The van der Waals surface area contributed by atoms with Gasteiger partial charge in [-0.1, -0.05) is 13.3 Å². The minimum Gasteiger partial charge on any atom is -0.480 e. The minimum absolute atomic E-state index is 0.173. The second kappa shape index (κ2) is 5.86. The number of nitrogens with zero attached hydrogens (tertiary/aromatic N) is 1. The Kier molecular flexibility index (Phi) is 4.19. The molecule has 0 bridgehead atoms. The smallest absolute Gasteiger partial charge is 0.326 e. The summed E-state index contributed by atoms with van der Waals surface area (Å²) in [5.74, 6) is -0.119. The van der Waals surface area contributed by atoms with Gasteiger partial charge in [0, 0.05) is 24.7 Å². The second-order valence-corrected chi connectivity index (χ2v) is 5.11. The highest BCUT2D eigenvalue weighted by Crippen LogP contribution is 2.43. The topological polar surface area (TPSA) is 95.1 Å². The SMILES string of the molecule is CCC1CC1CC(=O)N[C@@H](Cc1cnc[nH]1)C(=O)O. The largest absolute Gasteiger partial charge is 0.480 e. The summed E-state index contributed by atoms with van der Waals surface area (Å²) in [5, 5.41) is 11.7. The van der Waals surface area contributed by atoms with Gasteiger partial charge in [0.25, 0.3) is 0 Å². The summed E-state index contributed by atoms with van der Waals surface area (Å²) in [6.07, 6.45) is 5.90. The third-order valence-corrected chi connectivity index (χ3v) is 3.65. The molecule has 104 valence electrons. The van der Waals surface area contributed by atoms with Gasteiger partial charge in [-0.2, -0.15) is 0 Å². The van der Waals surface area contributed by atoms with Crippen LogP contribution in [0.3, 0.4) is 0 Å². The maximum absolute atomic E-state index is 11.8. The van der Waals surface area contributed by atoms with Gasteiger partial charge in [-0.25, -0.2) is 9.78 Å². The molecule has 1 aromatic rings. The van der Waals surface area contributed by atoms with Gasteiger partial charge in [0.1, 0.15) is 6.04 Å². The van der Waals surface area contributed by atoms with Crippen LogP contribution in [0.25, 0.3) is 0 Å². The maximum Gasteiger partial charge on any atom is 0.326 e. The molecule has 1 amide bonds. The highest BCUT2D eigenvalue weighted by Gasteiger charge is 2.37. The Bertz CT molecular complexity index is 444. The van der Waals surface area contributed by atoms with E-state index in [-0.39, 0.29) is 12.3 Å². The number of aromatic nitrogens is 2. The number of H-pyrrole nitrogens is 1. The zero-order chi connectivity index (χ0) is 13.8. The second-order valence-electron chi connectivity index (χ2n) is 5.11. The molecule has 0 spiro atoms. The van der Waals surface area contributed by atoms with Crippen LogP contribution in [-0.4, -0.2) is 33.0 Å². The van der Waals surface area contributed by atoms with E-state index < -0.39 is 12.0 Å². The molecule has 0 radical (unpaired) electrons. The Labute approximate surface area is 111 Å². The van der Waals surface area contributed by atoms with Crippen molar-refractivity contribution < 1.29 is 14.7 Å². The van der Waals surface area contributed by atoms with Gasteiger partial charge in [-0.3, -0.25) is 4.79 Å². The number of carboxylic acid groups (broad SMARTS) is 1. The van der Waals surface area contributed by atoms with E-state index in [0.29, 0.717) is 24.0 Å². The Morgan fingerprint density at radius 3 is 2.89 bits per heavy atom. The molecule has 1 aromatic heterocycles. The summed E-state index contributed by atoms with van der Waals surface area (Å²) >= 11 is 0. The third-order valence-electron chi connectivity index (χ3n) is 3.65. The van der Waals surface area contributed by atoms with Gasteiger partial charge < -0.3 is 15.4 Å². The monoisotopic (exact) mass is 265 g/mol. The van der Waals surface area contributed by atoms with Crippen molar-refractivity contribution in [2.75, 3.05) is 0 Å². The van der Waals surface area contributed by atoms with Crippen molar-refractivity contribution in [1.29, 1.82) is 0 Å². The van der Waals surface area contributed by atoms with Crippen molar-refractivity contribution >= 4 is 11.9 Å². The summed E-state index contributed by atoms with van der Waals surface area (Å²) in [6.45, 7) is 2.11. The van der Waals surface area contributed by atoms with Crippen LogP contribution < -0.4 is 5.32 Å². The van der Waals surface area contributed by atoms with E-state index in [1.54, 1.807) is 6.20 Å². The van der Waals surface area contributed by atoms with Crippen LogP contribution in [0.4, 0.5) is 0 Å². The molecule has 2 unspecified atom stereocenters. The summed E-state index contributed by atoms with van der Waals surface area (Å²) in [6, 6.07) is -0.897. The van der Waals surface area contributed by atoms with Gasteiger partial charge in [0.2, 0.25) is 5.91 Å². The van der Waals surface area contributed by atoms with Crippen LogP contribution in [0.5, 0.6) is 0 Å². The summed E-state index contributed by atoms with van der Waals surface area (Å²) in [5.41, 5.74) is 0.700. The normalized spacial score (nSPS) is 22.8. The highest BCUT2D eigenvalue weighted by atomic mass is 16.4. The first kappa shape index (κ1) is 13.6. The predicted octanol–water partition coefficient (Wildman–Crippen LogP) is 0.958. The fourth-order valence-electron chi connectivity index (χ4n) is 2.37. The number of hydrogen-bond donors (Lipinski definition) is 3. The average Bonchev–Trinajstić information content (AvgIpc) is 2.90. The van der Waals surface area contributed by atoms with Gasteiger partial charge in [-0.05, 0) is 18.3 Å². The fourth-order valence-corrected chi connectivity index (χ4v) is 2.37. The van der Waals surface area contributed by atoms with E-state index in [1.165, 1.54) is 6.33 Å². The molecule has 0 saturated heterocycles. The number of aliphatic carboxylic acids is 1. The van der Waals surface area contributed by atoms with Crippen LogP contribution in [-0.2, 0) is 16.0 Å². The zero-order valence-corrected chi connectivity index (χ0v) is 10.9. The first-order valence-corrected chi connectivity index (χ1v) is 6.59. The number of aromatic amines is 1. The lowest BCUT2D eigenvalue weighted by atomic mass is 10.1. The molecule has 3 N–H and O–H groups in total. The molecule has 2 rings (SSSR count). The van der Waals surface area contributed by atoms with Crippen molar-refractivity contribution in [3.05, 3.63) is 18.2 Å². The fraction of sp³-hybridized carbons (Fsp3) is 0.615. The predicted molar refractivity (Wildman–Crippen MR) is 68.4 cm³/mol. The molecule has 3 atom stereocenters. The number of carboxylic acids is 1. The van der Waals surface area contributed by atoms with E-state index in [4.69, 9.17) is 5.11 Å². The van der Waals surface area contributed by atoms with Crippen molar-refractivity contribution in [3.63, 3.8) is 0 Å². The Morgan fingerprint density at radius 1 is 1.58 bits per heavy atom. The van der Waals surface area contributed by atoms with Gasteiger partial charge >= 0.3 is 5.97 Å². The minimum atomic E-state index is -1.02. The first-order chi connectivity index (χ1) is 9.10. The van der Waals surface area contributed by atoms with E-state index in [9.17, 15) is 9.59 Å². The molecule has 1 heterocycles. The summed E-state index contributed by atoms with van der Waals surface area (Å²) < 4.78 is 0. The van der Waals surface area contributed by atoms with E-state index in [2.05, 4.69) is 22.2 Å². The standard InChI is InChI=1S/C13H19N3O3/c1-2-8-3-9(8)4-12(17)16-11(13(18)19)5-10-6-14-7-15-10/h6-9,11H,2-5H2,1H3,(H,14,15)(H,16,17)(H,18,19)/t8?,9?,11-/m0/s1. The van der Waals surface area contributed by atoms with Gasteiger partial charge in [0.15, 0.2) is 0 Å². The summed E-state index contributed by atoms with van der Waals surface area (Å²) in [4.78, 5) is 29.6. The van der Waals surface area contributed by atoms with Crippen molar-refractivity contribution in [2.45, 2.75) is 38.6 Å². The lowest BCUT2D eigenvalue weighted by molar-refractivity contribution is -0.141. The van der Waals surface area contributed by atoms with Crippen LogP contribution in [0.1, 0.15) is 31.9 Å². The van der Waals surface area contributed by atoms with Crippen LogP contribution >= 0.6 is 0 Å². The number of amides is 1. The van der Waals surface area contributed by atoms with E-state index in [1.807, 2.05) is 0 Å². The highest BCUT2D eigenvalue weighted by molar-refractivity contribution is 5.84. The Hall–Kier alpha value is -1.85. The molecule has 6 heteroatoms. The van der Waals surface area contributed by atoms with Gasteiger partial charge in [-0.15, -0.1) is 0 Å². The quantitative estimate of drug-likeness (QED) is 0.684. The van der Waals surface area contributed by atoms with Crippen molar-refractivity contribution in [3.8, 4) is 0 Å². The van der Waals surface area contributed by atoms with E-state index >= 15 is 0 Å². The number of imidazole rings is 1. The maximum atomic E-state index is 11.8. The molecule has 0 aliphatic heterocycles. The molecular weight excluding hydrogens is 246 g/mol. The van der Waals surface area contributed by atoms with Crippen molar-refractivity contribution in [2.24, 2.45) is 11.8 Å². The number of hydrogen-bond acceptors (Lipinski definition) is 3. The number of rotatable bonds is 7. The lowest BCUT2D eigenvalue weighted by Crippen LogP contribution is -2.42. The number of carbonyl (C=O) groups excluding carboxylic acids is 1. The summed E-state index contributed by atoms with van der Waals surface area (Å²) in [7, 11) is 0. The van der Waals surface area contributed by atoms with Crippen LogP contribution in [0, 0.1) is 11.8 Å². The molecule has 19 heavy (non-hydrogen) atoms. The number of carbonyl (C=O) groups is 2. The molecule has 1 saturated carbocycles. The first-order valence-electron chi connectivity index (χ1n) is 6.59. The van der Waals surface area contributed by atoms with E-state index in [0.717, 1.165) is 12.8 Å². The van der Waals surface area contributed by atoms with Crippen LogP contribution in [0.2, 0.25) is 0 Å². The lowest BCUT2D eigenvalue weighted by Gasteiger charge is -2.13. The molecule has 1 fully saturated rings. The number of nitrogens with one attached hydrogen (secondary N) is 2. The average molecular weight is 265 g/mol. The molecular formula is C13H19N3O3. The van der Waals surface area contributed by atoms with Gasteiger partial charge in [0.05, 0.1) is 6.33 Å². The molecule has 0 aromatic carbocycles. The Morgan fingerprint density at radius 2 is 2.37 bits per heavy atom.